The predicted octanol–water partition coefficient (Wildman–Crippen LogP) is 3.62. The summed E-state index contributed by atoms with van der Waals surface area (Å²) in [6, 6.07) is 18.4. The van der Waals surface area contributed by atoms with Gasteiger partial charge in [0.2, 0.25) is 0 Å². The van der Waals surface area contributed by atoms with Gasteiger partial charge in [-0.3, -0.25) is 9.52 Å². The average molecular weight is 471 g/mol. The smallest absolute Gasteiger partial charge is 0.262 e. The molecule has 3 aromatic carbocycles. The van der Waals surface area contributed by atoms with E-state index in [9.17, 15) is 13.2 Å². The number of anilines is 1. The van der Waals surface area contributed by atoms with Crippen LogP contribution in [0.2, 0.25) is 0 Å². The number of amides is 1. The van der Waals surface area contributed by atoms with E-state index in [1.807, 2.05) is 12.1 Å². The molecule has 0 aromatic heterocycles. The van der Waals surface area contributed by atoms with Gasteiger partial charge in [0.1, 0.15) is 12.4 Å². The molecule has 0 bridgehead atoms. The lowest BCUT2D eigenvalue weighted by molar-refractivity contribution is 0.0946. The normalized spacial score (nSPS) is 10.9. The van der Waals surface area contributed by atoms with Crippen molar-refractivity contribution in [2.75, 3.05) is 32.1 Å². The highest BCUT2D eigenvalue weighted by molar-refractivity contribution is 7.92. The van der Waals surface area contributed by atoms with Gasteiger partial charge in [0.25, 0.3) is 15.9 Å². The van der Waals surface area contributed by atoms with Crippen molar-refractivity contribution in [2.24, 2.45) is 0 Å². The van der Waals surface area contributed by atoms with Crippen molar-refractivity contribution in [3.63, 3.8) is 0 Å². The molecule has 0 aliphatic heterocycles. The van der Waals surface area contributed by atoms with E-state index in [4.69, 9.17) is 14.2 Å². The molecule has 0 fully saturated rings. The average Bonchev–Trinajstić information content (AvgIpc) is 2.82. The molecule has 8 nitrogen and oxygen atoms in total. The molecule has 0 saturated carbocycles. The van der Waals surface area contributed by atoms with Crippen molar-refractivity contribution >= 4 is 21.6 Å². The predicted molar refractivity (Wildman–Crippen MR) is 126 cm³/mol. The number of sulfonamides is 1. The van der Waals surface area contributed by atoms with Crippen molar-refractivity contribution in [3.8, 4) is 17.2 Å². The van der Waals surface area contributed by atoms with E-state index >= 15 is 0 Å². The highest BCUT2D eigenvalue weighted by Crippen LogP contribution is 2.28. The van der Waals surface area contributed by atoms with Crippen molar-refractivity contribution in [3.05, 3.63) is 77.9 Å². The van der Waals surface area contributed by atoms with Crippen LogP contribution in [0.25, 0.3) is 0 Å². The van der Waals surface area contributed by atoms with Crippen LogP contribution in [-0.2, 0) is 10.0 Å². The van der Waals surface area contributed by atoms with Crippen LogP contribution in [-0.4, -0.2) is 41.7 Å². The lowest BCUT2D eigenvalue weighted by Gasteiger charge is -2.14. The molecule has 33 heavy (non-hydrogen) atoms. The van der Waals surface area contributed by atoms with Crippen molar-refractivity contribution in [2.45, 2.75) is 11.8 Å². The summed E-state index contributed by atoms with van der Waals surface area (Å²) in [6.45, 7) is 2.12. The van der Waals surface area contributed by atoms with Gasteiger partial charge in [-0.05, 0) is 48.9 Å². The van der Waals surface area contributed by atoms with Gasteiger partial charge in [0, 0.05) is 5.56 Å². The molecule has 0 radical (unpaired) electrons. The number of hydrogen-bond donors (Lipinski definition) is 2. The Balaban J connectivity index is 1.68. The quantitative estimate of drug-likeness (QED) is 0.439. The van der Waals surface area contributed by atoms with Crippen LogP contribution in [0.3, 0.4) is 0 Å². The first-order chi connectivity index (χ1) is 15.9. The van der Waals surface area contributed by atoms with Gasteiger partial charge in [-0.15, -0.1) is 0 Å². The number of rotatable bonds is 10. The minimum absolute atomic E-state index is 0.00586. The Kier molecular flexibility index (Phi) is 7.78. The fourth-order valence-corrected chi connectivity index (χ4v) is 4.47. The Bertz CT molecular complexity index is 1230. The van der Waals surface area contributed by atoms with Crippen LogP contribution in [0.5, 0.6) is 17.2 Å². The lowest BCUT2D eigenvalue weighted by atomic mass is 10.1. The van der Waals surface area contributed by atoms with Gasteiger partial charge in [-0.1, -0.05) is 30.3 Å². The minimum atomic E-state index is -3.95. The van der Waals surface area contributed by atoms with E-state index < -0.39 is 15.9 Å². The van der Waals surface area contributed by atoms with Gasteiger partial charge >= 0.3 is 0 Å². The molecule has 0 unspecified atom stereocenters. The highest BCUT2D eigenvalue weighted by Gasteiger charge is 2.20. The first kappa shape index (κ1) is 23.9. The largest absolute Gasteiger partial charge is 0.495 e. The summed E-state index contributed by atoms with van der Waals surface area (Å²) >= 11 is 0. The zero-order chi connectivity index (χ0) is 23.8. The molecule has 0 saturated heterocycles. The molecule has 3 rings (SSSR count). The maximum atomic E-state index is 13.0. The number of aryl methyl sites for hydroxylation is 1. The maximum Gasteiger partial charge on any atom is 0.262 e. The highest BCUT2D eigenvalue weighted by atomic mass is 32.2. The van der Waals surface area contributed by atoms with Crippen molar-refractivity contribution in [1.82, 2.24) is 5.32 Å². The molecule has 0 spiro atoms. The fourth-order valence-electron chi connectivity index (χ4n) is 3.13. The van der Waals surface area contributed by atoms with E-state index in [1.54, 1.807) is 62.6 Å². The number of nitrogens with one attached hydrogen (secondary N) is 2. The molecule has 1 amide bonds. The Morgan fingerprint density at radius 3 is 2.21 bits per heavy atom. The molecule has 2 N–H and O–H groups in total. The zero-order valence-corrected chi connectivity index (χ0v) is 19.4. The van der Waals surface area contributed by atoms with Crippen molar-refractivity contribution < 1.29 is 27.4 Å². The Morgan fingerprint density at radius 1 is 0.879 bits per heavy atom. The molecular formula is C24H26N2O6S. The van der Waals surface area contributed by atoms with Crippen LogP contribution in [0.15, 0.2) is 71.6 Å². The molecule has 0 heterocycles. The summed E-state index contributed by atoms with van der Waals surface area (Å²) in [5.41, 5.74) is 1.04. The number of methoxy groups -OCH3 is 2. The number of carbonyl (C=O) groups is 1. The number of para-hydroxylation sites is 4. The maximum absolute atomic E-state index is 13.0. The van der Waals surface area contributed by atoms with E-state index in [0.29, 0.717) is 28.5 Å². The summed E-state index contributed by atoms with van der Waals surface area (Å²) in [5, 5.41) is 2.73. The second kappa shape index (κ2) is 10.7. The number of benzene rings is 3. The third-order valence-electron chi connectivity index (χ3n) is 4.81. The molecule has 9 heteroatoms. The van der Waals surface area contributed by atoms with Gasteiger partial charge in [0.05, 0.1) is 31.3 Å². The Morgan fingerprint density at radius 2 is 1.52 bits per heavy atom. The third-order valence-corrected chi connectivity index (χ3v) is 6.31. The molecule has 174 valence electrons. The number of hydrogen-bond acceptors (Lipinski definition) is 6. The molecule has 0 aliphatic rings. The van der Waals surface area contributed by atoms with Crippen LogP contribution in [0.1, 0.15) is 15.9 Å². The van der Waals surface area contributed by atoms with E-state index in [0.717, 1.165) is 0 Å². The van der Waals surface area contributed by atoms with Crippen LogP contribution < -0.4 is 24.2 Å². The third kappa shape index (κ3) is 5.95. The van der Waals surface area contributed by atoms with Gasteiger partial charge in [-0.25, -0.2) is 8.42 Å². The van der Waals surface area contributed by atoms with Crippen LogP contribution >= 0.6 is 0 Å². The Hall–Kier alpha value is -3.72. The van der Waals surface area contributed by atoms with E-state index in [1.165, 1.54) is 13.2 Å². The van der Waals surface area contributed by atoms with E-state index in [2.05, 4.69) is 10.0 Å². The standard InChI is InChI=1S/C24H26N2O6S/c1-17-12-13-18(24(27)25-14-15-32-22-11-7-6-10-21(22)31-3)16-23(17)33(28,29)26-19-8-4-5-9-20(19)30-2/h4-13,16,26H,14-15H2,1-3H3,(H,25,27). The molecular weight excluding hydrogens is 444 g/mol. The summed E-state index contributed by atoms with van der Waals surface area (Å²) < 4.78 is 44.6. The first-order valence-electron chi connectivity index (χ1n) is 10.2. The Labute approximate surface area is 193 Å². The summed E-state index contributed by atoms with van der Waals surface area (Å²) in [7, 11) is -0.940. The number of carbonyl (C=O) groups excluding carboxylic acids is 1. The molecule has 0 atom stereocenters. The SMILES string of the molecule is COc1ccccc1NS(=O)(=O)c1cc(C(=O)NCCOc2ccccc2OC)ccc1C. The zero-order valence-electron chi connectivity index (χ0n) is 18.6. The van der Waals surface area contributed by atoms with Gasteiger partial charge in [0.15, 0.2) is 11.5 Å². The summed E-state index contributed by atoms with van der Waals surface area (Å²) in [6.07, 6.45) is 0. The molecule has 0 aliphatic carbocycles. The van der Waals surface area contributed by atoms with Crippen LogP contribution in [0.4, 0.5) is 5.69 Å². The van der Waals surface area contributed by atoms with Crippen LogP contribution in [0, 0.1) is 6.92 Å². The second-order valence-electron chi connectivity index (χ2n) is 7.04. The molecule has 3 aromatic rings. The van der Waals surface area contributed by atoms with Gasteiger partial charge < -0.3 is 19.5 Å². The topological polar surface area (TPSA) is 103 Å². The van der Waals surface area contributed by atoms with E-state index in [-0.39, 0.29) is 23.6 Å². The second-order valence-corrected chi connectivity index (χ2v) is 8.69. The van der Waals surface area contributed by atoms with Gasteiger partial charge in [-0.2, -0.15) is 0 Å². The number of ether oxygens (including phenoxy) is 3. The summed E-state index contributed by atoms with van der Waals surface area (Å²) in [5.74, 6) is 1.15. The fraction of sp³-hybridized carbons (Fsp3) is 0.208. The summed E-state index contributed by atoms with van der Waals surface area (Å²) in [4.78, 5) is 12.6. The first-order valence-corrected chi connectivity index (χ1v) is 11.6. The van der Waals surface area contributed by atoms with Crippen molar-refractivity contribution in [1.29, 1.82) is 0 Å². The minimum Gasteiger partial charge on any atom is -0.495 e. The monoisotopic (exact) mass is 470 g/mol. The lowest BCUT2D eigenvalue weighted by Crippen LogP contribution is -2.28.